The van der Waals surface area contributed by atoms with E-state index in [9.17, 15) is 15.0 Å². The Morgan fingerprint density at radius 3 is 2.50 bits per heavy atom. The SMILES string of the molecule is Cc1c(N)cc(Br)cc1C(=O)N1C[C@@H](O)[C@@H](O)C1. The number of amides is 1. The molecule has 98 valence electrons. The predicted octanol–water partition coefficient (Wildman–Crippen LogP) is 0.517. The zero-order chi connectivity index (χ0) is 13.4. The zero-order valence-corrected chi connectivity index (χ0v) is 11.5. The molecule has 1 saturated heterocycles. The van der Waals surface area contributed by atoms with Crippen LogP contribution < -0.4 is 5.73 Å². The van der Waals surface area contributed by atoms with Crippen molar-refractivity contribution in [1.82, 2.24) is 4.90 Å². The average molecular weight is 315 g/mol. The fraction of sp³-hybridized carbons (Fsp3) is 0.417. The van der Waals surface area contributed by atoms with Gasteiger partial charge in [0.15, 0.2) is 0 Å². The highest BCUT2D eigenvalue weighted by Gasteiger charge is 2.33. The Labute approximate surface area is 113 Å². The van der Waals surface area contributed by atoms with Crippen molar-refractivity contribution >= 4 is 27.5 Å². The van der Waals surface area contributed by atoms with E-state index in [-0.39, 0.29) is 19.0 Å². The highest BCUT2D eigenvalue weighted by Crippen LogP contribution is 2.25. The van der Waals surface area contributed by atoms with E-state index < -0.39 is 12.2 Å². The minimum atomic E-state index is -0.876. The fourth-order valence-corrected chi connectivity index (χ4v) is 2.50. The summed E-state index contributed by atoms with van der Waals surface area (Å²) < 4.78 is 0.731. The number of aliphatic hydroxyl groups is 2. The maximum absolute atomic E-state index is 12.3. The number of benzene rings is 1. The van der Waals surface area contributed by atoms with Gasteiger partial charge in [-0.3, -0.25) is 4.79 Å². The Hall–Kier alpha value is -1.11. The standard InChI is InChI=1S/C12H15BrN2O3/c1-6-8(2-7(13)3-9(6)14)12(18)15-4-10(16)11(17)5-15/h2-3,10-11,16-17H,4-5,14H2,1H3/t10-,11+. The molecule has 0 aliphatic carbocycles. The molecule has 1 heterocycles. The number of carbonyl (C=O) groups is 1. The molecule has 0 bridgehead atoms. The van der Waals surface area contributed by atoms with E-state index in [4.69, 9.17) is 5.73 Å². The van der Waals surface area contributed by atoms with E-state index in [1.165, 1.54) is 4.90 Å². The normalized spacial score (nSPS) is 23.4. The molecule has 6 heteroatoms. The predicted molar refractivity (Wildman–Crippen MR) is 71.2 cm³/mol. The second kappa shape index (κ2) is 4.87. The molecule has 4 N–H and O–H groups in total. The van der Waals surface area contributed by atoms with E-state index in [1.54, 1.807) is 19.1 Å². The van der Waals surface area contributed by atoms with E-state index in [0.29, 0.717) is 16.8 Å². The number of halogens is 1. The molecule has 2 atom stereocenters. The maximum atomic E-state index is 12.3. The molecule has 0 spiro atoms. The highest BCUT2D eigenvalue weighted by molar-refractivity contribution is 9.10. The van der Waals surface area contributed by atoms with Gasteiger partial charge in [0, 0.05) is 28.8 Å². The Morgan fingerprint density at radius 2 is 1.94 bits per heavy atom. The molecule has 0 unspecified atom stereocenters. The molecule has 1 fully saturated rings. The molecule has 0 radical (unpaired) electrons. The summed E-state index contributed by atoms with van der Waals surface area (Å²) in [5.41, 5.74) is 7.54. The number of anilines is 1. The van der Waals surface area contributed by atoms with Crippen molar-refractivity contribution in [2.75, 3.05) is 18.8 Å². The van der Waals surface area contributed by atoms with Crippen LogP contribution in [0.15, 0.2) is 16.6 Å². The van der Waals surface area contributed by atoms with Gasteiger partial charge < -0.3 is 20.8 Å². The van der Waals surface area contributed by atoms with E-state index in [1.807, 2.05) is 0 Å². The zero-order valence-electron chi connectivity index (χ0n) is 9.93. The molecule has 0 saturated carbocycles. The van der Waals surface area contributed by atoms with Crippen LogP contribution in [0, 0.1) is 6.92 Å². The first-order valence-electron chi connectivity index (χ1n) is 5.61. The van der Waals surface area contributed by atoms with Crippen LogP contribution in [0.2, 0.25) is 0 Å². The van der Waals surface area contributed by atoms with Gasteiger partial charge in [0.2, 0.25) is 0 Å². The third-order valence-electron chi connectivity index (χ3n) is 3.19. The van der Waals surface area contributed by atoms with E-state index in [0.717, 1.165) is 4.47 Å². The van der Waals surface area contributed by atoms with Gasteiger partial charge in [-0.2, -0.15) is 0 Å². The summed E-state index contributed by atoms with van der Waals surface area (Å²) in [7, 11) is 0. The Balaban J connectivity index is 2.30. The van der Waals surface area contributed by atoms with Crippen LogP contribution >= 0.6 is 15.9 Å². The van der Waals surface area contributed by atoms with Crippen molar-refractivity contribution in [1.29, 1.82) is 0 Å². The molecular weight excluding hydrogens is 300 g/mol. The first kappa shape index (κ1) is 13.3. The molecular formula is C12H15BrN2O3. The number of carbonyl (C=O) groups excluding carboxylic acids is 1. The number of likely N-dealkylation sites (tertiary alicyclic amines) is 1. The highest BCUT2D eigenvalue weighted by atomic mass is 79.9. The summed E-state index contributed by atoms with van der Waals surface area (Å²) in [4.78, 5) is 13.7. The number of β-amino-alcohol motifs (C(OH)–C–C–N with tert-alkyl or cyclic N) is 2. The molecule has 5 nitrogen and oxygen atoms in total. The number of rotatable bonds is 1. The van der Waals surface area contributed by atoms with Crippen LogP contribution in [0.1, 0.15) is 15.9 Å². The summed E-state index contributed by atoms with van der Waals surface area (Å²) >= 11 is 3.30. The molecule has 1 aliphatic heterocycles. The van der Waals surface area contributed by atoms with Crippen molar-refractivity contribution < 1.29 is 15.0 Å². The van der Waals surface area contributed by atoms with Gasteiger partial charge in [-0.1, -0.05) is 15.9 Å². The van der Waals surface area contributed by atoms with Gasteiger partial charge in [-0.25, -0.2) is 0 Å². The van der Waals surface area contributed by atoms with Gasteiger partial charge in [0.1, 0.15) is 0 Å². The first-order valence-corrected chi connectivity index (χ1v) is 6.40. The Morgan fingerprint density at radius 1 is 1.39 bits per heavy atom. The second-order valence-corrected chi connectivity index (χ2v) is 5.43. The largest absolute Gasteiger partial charge is 0.398 e. The number of aliphatic hydroxyl groups excluding tert-OH is 2. The minimum Gasteiger partial charge on any atom is -0.398 e. The quantitative estimate of drug-likeness (QED) is 0.659. The molecule has 1 aromatic carbocycles. The summed E-state index contributed by atoms with van der Waals surface area (Å²) in [5.74, 6) is -0.226. The maximum Gasteiger partial charge on any atom is 0.254 e. The van der Waals surface area contributed by atoms with Gasteiger partial charge in [0.25, 0.3) is 5.91 Å². The number of nitrogens with two attached hydrogens (primary N) is 1. The first-order chi connectivity index (χ1) is 8.40. The Bertz CT molecular complexity index is 482. The van der Waals surface area contributed by atoms with Crippen molar-refractivity contribution in [2.45, 2.75) is 19.1 Å². The second-order valence-electron chi connectivity index (χ2n) is 4.51. The molecule has 0 aromatic heterocycles. The summed E-state index contributed by atoms with van der Waals surface area (Å²) in [6, 6.07) is 3.44. The van der Waals surface area contributed by atoms with Crippen LogP contribution in [0.4, 0.5) is 5.69 Å². The van der Waals surface area contributed by atoms with Crippen molar-refractivity contribution in [3.63, 3.8) is 0 Å². The van der Waals surface area contributed by atoms with Gasteiger partial charge in [-0.05, 0) is 24.6 Å². The van der Waals surface area contributed by atoms with Gasteiger partial charge in [0.05, 0.1) is 12.2 Å². The Kier molecular flexibility index (Phi) is 3.61. The monoisotopic (exact) mass is 314 g/mol. The number of hydrogen-bond donors (Lipinski definition) is 3. The molecule has 1 aromatic rings. The van der Waals surface area contributed by atoms with Crippen molar-refractivity contribution in [2.24, 2.45) is 0 Å². The van der Waals surface area contributed by atoms with Crippen LogP contribution in [-0.2, 0) is 0 Å². The number of hydrogen-bond acceptors (Lipinski definition) is 4. The molecule has 2 rings (SSSR count). The smallest absolute Gasteiger partial charge is 0.254 e. The lowest BCUT2D eigenvalue weighted by atomic mass is 10.1. The van der Waals surface area contributed by atoms with E-state index in [2.05, 4.69) is 15.9 Å². The van der Waals surface area contributed by atoms with Crippen LogP contribution in [0.3, 0.4) is 0 Å². The minimum absolute atomic E-state index is 0.145. The lowest BCUT2D eigenvalue weighted by Gasteiger charge is -2.17. The van der Waals surface area contributed by atoms with Gasteiger partial charge in [-0.15, -0.1) is 0 Å². The lowest BCUT2D eigenvalue weighted by Crippen LogP contribution is -2.30. The number of nitrogen functional groups attached to an aromatic ring is 1. The van der Waals surface area contributed by atoms with Crippen LogP contribution in [-0.4, -0.2) is 46.3 Å². The molecule has 1 amide bonds. The van der Waals surface area contributed by atoms with Crippen molar-refractivity contribution in [3.8, 4) is 0 Å². The number of nitrogens with zero attached hydrogens (tertiary/aromatic N) is 1. The summed E-state index contributed by atoms with van der Waals surface area (Å²) in [6.45, 7) is 2.07. The van der Waals surface area contributed by atoms with Crippen LogP contribution in [0.25, 0.3) is 0 Å². The van der Waals surface area contributed by atoms with Crippen LogP contribution in [0.5, 0.6) is 0 Å². The third-order valence-corrected chi connectivity index (χ3v) is 3.65. The molecule has 1 aliphatic rings. The topological polar surface area (TPSA) is 86.8 Å². The van der Waals surface area contributed by atoms with E-state index >= 15 is 0 Å². The summed E-state index contributed by atoms with van der Waals surface area (Å²) in [6.07, 6.45) is -1.75. The molecule has 18 heavy (non-hydrogen) atoms. The third kappa shape index (κ3) is 2.36. The van der Waals surface area contributed by atoms with Gasteiger partial charge >= 0.3 is 0 Å². The average Bonchev–Trinajstić information content (AvgIpc) is 2.63. The van der Waals surface area contributed by atoms with Crippen molar-refractivity contribution in [3.05, 3.63) is 27.7 Å². The summed E-state index contributed by atoms with van der Waals surface area (Å²) in [5, 5.41) is 18.9. The fourth-order valence-electron chi connectivity index (χ4n) is 2.03. The lowest BCUT2D eigenvalue weighted by molar-refractivity contribution is 0.0572.